The van der Waals surface area contributed by atoms with Crippen LogP contribution in [0.25, 0.3) is 22.4 Å². The minimum atomic E-state index is -0.483. The summed E-state index contributed by atoms with van der Waals surface area (Å²) in [6, 6.07) is 6.07. The van der Waals surface area contributed by atoms with E-state index in [9.17, 15) is 4.39 Å². The molecule has 4 nitrogen and oxygen atoms in total. The molecule has 0 aliphatic heterocycles. The Bertz CT molecular complexity index is 805. The Hall–Kier alpha value is -1.98. The molecule has 0 spiro atoms. The Balaban J connectivity index is 2.36. The summed E-state index contributed by atoms with van der Waals surface area (Å²) in [5.74, 6) is -0.197. The second-order valence-electron chi connectivity index (χ2n) is 4.44. The van der Waals surface area contributed by atoms with Gasteiger partial charge in [-0.05, 0) is 29.8 Å². The van der Waals surface area contributed by atoms with Gasteiger partial charge in [-0.2, -0.15) is 5.10 Å². The first kappa shape index (κ1) is 14.0. The third-order valence-electron chi connectivity index (χ3n) is 3.18. The molecule has 3 rings (SSSR count). The van der Waals surface area contributed by atoms with Crippen molar-refractivity contribution in [2.45, 2.75) is 0 Å². The van der Waals surface area contributed by atoms with Crippen LogP contribution in [0.4, 0.5) is 10.2 Å². The zero-order chi connectivity index (χ0) is 15.1. The van der Waals surface area contributed by atoms with Crippen LogP contribution < -0.4 is 5.73 Å². The summed E-state index contributed by atoms with van der Waals surface area (Å²) < 4.78 is 20.7. The van der Waals surface area contributed by atoms with E-state index in [0.717, 1.165) is 0 Å². The van der Waals surface area contributed by atoms with E-state index in [1.54, 1.807) is 19.2 Å². The number of nitrogens with two attached hydrogens (primary N) is 1. The molecule has 0 amide bonds. The van der Waals surface area contributed by atoms with Crippen LogP contribution in [0.2, 0.25) is 10.2 Å². The summed E-state index contributed by atoms with van der Waals surface area (Å²) in [5, 5.41) is 4.69. The molecule has 21 heavy (non-hydrogen) atoms. The van der Waals surface area contributed by atoms with Gasteiger partial charge >= 0.3 is 0 Å². The normalized spacial score (nSPS) is 11.0. The molecular formula is C14H10Cl2FN3O. The van der Waals surface area contributed by atoms with Crippen molar-refractivity contribution in [2.75, 3.05) is 5.73 Å². The van der Waals surface area contributed by atoms with Crippen molar-refractivity contribution in [3.63, 3.8) is 0 Å². The van der Waals surface area contributed by atoms with Gasteiger partial charge in [-0.25, -0.2) is 4.39 Å². The zero-order valence-electron chi connectivity index (χ0n) is 10.9. The third kappa shape index (κ3) is 2.18. The maximum absolute atomic E-state index is 14.2. The van der Waals surface area contributed by atoms with Crippen LogP contribution in [0.1, 0.15) is 0 Å². The number of benzene rings is 1. The summed E-state index contributed by atoms with van der Waals surface area (Å²) in [6.45, 7) is 0. The van der Waals surface area contributed by atoms with E-state index in [-0.39, 0.29) is 21.6 Å². The Labute approximate surface area is 129 Å². The highest BCUT2D eigenvalue weighted by atomic mass is 35.5. The van der Waals surface area contributed by atoms with Gasteiger partial charge in [0.2, 0.25) is 5.22 Å². The van der Waals surface area contributed by atoms with Gasteiger partial charge in [-0.1, -0.05) is 17.7 Å². The fourth-order valence-electron chi connectivity index (χ4n) is 2.17. The quantitative estimate of drug-likeness (QED) is 0.760. The topological polar surface area (TPSA) is 57.0 Å². The highest BCUT2D eigenvalue weighted by Crippen LogP contribution is 2.42. The van der Waals surface area contributed by atoms with Crippen molar-refractivity contribution in [3.8, 4) is 22.4 Å². The maximum atomic E-state index is 14.2. The van der Waals surface area contributed by atoms with E-state index in [1.165, 1.54) is 23.1 Å². The van der Waals surface area contributed by atoms with Gasteiger partial charge in [0.1, 0.15) is 17.3 Å². The number of anilines is 1. The summed E-state index contributed by atoms with van der Waals surface area (Å²) in [5.41, 5.74) is 7.56. The van der Waals surface area contributed by atoms with Crippen molar-refractivity contribution in [1.82, 2.24) is 9.78 Å². The highest BCUT2D eigenvalue weighted by molar-refractivity contribution is 6.34. The summed E-state index contributed by atoms with van der Waals surface area (Å²) in [7, 11) is 1.66. The standard InChI is InChI=1S/C14H10Cl2FN3O/c1-20-14(18)11(10-8(15)3-2-4-9(10)17)12(19-20)7-5-6-21-13(7)16/h2-6H,18H2,1H3. The third-order valence-corrected chi connectivity index (χ3v) is 3.79. The molecule has 2 heterocycles. The molecule has 2 aromatic heterocycles. The average Bonchev–Trinajstić information content (AvgIpc) is 2.96. The molecule has 3 aromatic rings. The largest absolute Gasteiger partial charge is 0.452 e. The number of hydrogen-bond donors (Lipinski definition) is 1. The van der Waals surface area contributed by atoms with E-state index in [4.69, 9.17) is 33.4 Å². The number of aromatic nitrogens is 2. The Morgan fingerprint density at radius 1 is 1.24 bits per heavy atom. The fraction of sp³-hybridized carbons (Fsp3) is 0.0714. The average molecular weight is 326 g/mol. The van der Waals surface area contributed by atoms with Crippen LogP contribution in [0.3, 0.4) is 0 Å². The molecule has 0 radical (unpaired) electrons. The predicted molar refractivity (Wildman–Crippen MR) is 80.7 cm³/mol. The molecule has 0 saturated carbocycles. The number of halogens is 3. The first-order valence-corrected chi connectivity index (χ1v) is 6.76. The summed E-state index contributed by atoms with van der Waals surface area (Å²) in [4.78, 5) is 0. The van der Waals surface area contributed by atoms with E-state index < -0.39 is 5.82 Å². The first-order valence-electron chi connectivity index (χ1n) is 6.01. The number of furan rings is 1. The smallest absolute Gasteiger partial charge is 0.202 e. The lowest BCUT2D eigenvalue weighted by Crippen LogP contribution is -1.98. The van der Waals surface area contributed by atoms with Gasteiger partial charge in [-0.15, -0.1) is 0 Å². The van der Waals surface area contributed by atoms with Crippen molar-refractivity contribution in [1.29, 1.82) is 0 Å². The predicted octanol–water partition coefficient (Wildman–Crippen LogP) is 4.38. The van der Waals surface area contributed by atoms with Crippen molar-refractivity contribution in [3.05, 3.63) is 46.6 Å². The molecule has 108 valence electrons. The molecule has 2 N–H and O–H groups in total. The highest BCUT2D eigenvalue weighted by Gasteiger charge is 2.24. The minimum absolute atomic E-state index is 0.154. The molecule has 0 atom stereocenters. The molecule has 1 aromatic carbocycles. The molecule has 0 aliphatic carbocycles. The van der Waals surface area contributed by atoms with Crippen molar-refractivity contribution < 1.29 is 8.81 Å². The molecule has 0 bridgehead atoms. The van der Waals surface area contributed by atoms with Gasteiger partial charge in [0, 0.05) is 12.6 Å². The number of rotatable bonds is 2. The van der Waals surface area contributed by atoms with E-state index in [2.05, 4.69) is 5.10 Å². The van der Waals surface area contributed by atoms with Crippen LogP contribution in [0.15, 0.2) is 34.9 Å². The SMILES string of the molecule is Cn1nc(-c2ccoc2Cl)c(-c2c(F)cccc2Cl)c1N. The van der Waals surface area contributed by atoms with Crippen LogP contribution in [-0.2, 0) is 7.05 Å². The Kier molecular flexibility index (Phi) is 3.39. The van der Waals surface area contributed by atoms with E-state index >= 15 is 0 Å². The number of aryl methyl sites for hydroxylation is 1. The zero-order valence-corrected chi connectivity index (χ0v) is 12.4. The van der Waals surface area contributed by atoms with Crippen molar-refractivity contribution >= 4 is 29.0 Å². The van der Waals surface area contributed by atoms with Crippen LogP contribution >= 0.6 is 23.2 Å². The first-order chi connectivity index (χ1) is 10.0. The minimum Gasteiger partial charge on any atom is -0.452 e. The number of nitrogen functional groups attached to an aromatic ring is 1. The van der Waals surface area contributed by atoms with Crippen LogP contribution in [-0.4, -0.2) is 9.78 Å². The monoisotopic (exact) mass is 325 g/mol. The lowest BCUT2D eigenvalue weighted by molar-refractivity contribution is 0.570. The van der Waals surface area contributed by atoms with E-state index in [0.29, 0.717) is 16.8 Å². The van der Waals surface area contributed by atoms with E-state index in [1.807, 2.05) is 0 Å². The molecule has 0 saturated heterocycles. The van der Waals surface area contributed by atoms with Crippen LogP contribution in [0, 0.1) is 5.82 Å². The van der Waals surface area contributed by atoms with Gasteiger partial charge in [0.15, 0.2) is 0 Å². The Morgan fingerprint density at radius 3 is 2.62 bits per heavy atom. The fourth-order valence-corrected chi connectivity index (χ4v) is 2.63. The molecule has 0 unspecified atom stereocenters. The lowest BCUT2D eigenvalue weighted by atomic mass is 10.0. The van der Waals surface area contributed by atoms with Gasteiger partial charge < -0.3 is 10.2 Å². The molecule has 0 aliphatic rings. The maximum Gasteiger partial charge on any atom is 0.202 e. The van der Waals surface area contributed by atoms with Crippen LogP contribution in [0.5, 0.6) is 0 Å². The van der Waals surface area contributed by atoms with Crippen molar-refractivity contribution in [2.24, 2.45) is 7.05 Å². The second kappa shape index (κ2) is 5.09. The molecule has 7 heteroatoms. The van der Waals surface area contributed by atoms with Gasteiger partial charge in [-0.3, -0.25) is 4.68 Å². The number of hydrogen-bond acceptors (Lipinski definition) is 3. The molecular weight excluding hydrogens is 316 g/mol. The lowest BCUT2D eigenvalue weighted by Gasteiger charge is -2.07. The number of nitrogens with zero attached hydrogens (tertiary/aromatic N) is 2. The second-order valence-corrected chi connectivity index (χ2v) is 5.19. The van der Waals surface area contributed by atoms with Gasteiger partial charge in [0.25, 0.3) is 0 Å². The molecule has 0 fully saturated rings. The van der Waals surface area contributed by atoms with Gasteiger partial charge in [0.05, 0.1) is 22.4 Å². The summed E-state index contributed by atoms with van der Waals surface area (Å²) in [6.07, 6.45) is 1.43. The summed E-state index contributed by atoms with van der Waals surface area (Å²) >= 11 is 12.1. The Morgan fingerprint density at radius 2 is 2.00 bits per heavy atom.